The highest BCUT2D eigenvalue weighted by Crippen LogP contribution is 2.33. The molecule has 0 saturated heterocycles. The molecule has 1 N–H and O–H groups in total. The summed E-state index contributed by atoms with van der Waals surface area (Å²) >= 11 is 1.54. The molecule has 1 heterocycles. The van der Waals surface area contributed by atoms with E-state index in [9.17, 15) is 9.59 Å². The van der Waals surface area contributed by atoms with Crippen molar-refractivity contribution in [2.75, 3.05) is 34.0 Å². The smallest absolute Gasteiger partial charge is 0.247 e. The first kappa shape index (κ1) is 26.0. The molecule has 186 valence electrons. The second-order valence-corrected chi connectivity index (χ2v) is 9.43. The molecule has 0 aliphatic heterocycles. The van der Waals surface area contributed by atoms with Crippen molar-refractivity contribution in [2.24, 2.45) is 0 Å². The van der Waals surface area contributed by atoms with E-state index in [2.05, 4.69) is 5.32 Å². The molecule has 34 heavy (non-hydrogen) atoms. The van der Waals surface area contributed by atoms with Crippen LogP contribution in [0.2, 0.25) is 0 Å². The van der Waals surface area contributed by atoms with Crippen LogP contribution < -0.4 is 14.8 Å². The van der Waals surface area contributed by atoms with E-state index in [-0.39, 0.29) is 24.3 Å². The van der Waals surface area contributed by atoms with E-state index in [0.29, 0.717) is 43.2 Å². The number of benzene rings is 1. The summed E-state index contributed by atoms with van der Waals surface area (Å²) in [7, 11) is 3.14. The van der Waals surface area contributed by atoms with E-state index in [1.807, 2.05) is 30.5 Å². The van der Waals surface area contributed by atoms with Crippen molar-refractivity contribution >= 4 is 23.2 Å². The summed E-state index contributed by atoms with van der Waals surface area (Å²) in [6, 6.07) is 8.69. The maximum Gasteiger partial charge on any atom is 0.247 e. The molecule has 1 atom stereocenters. The first-order chi connectivity index (χ1) is 16.6. The van der Waals surface area contributed by atoms with Crippen molar-refractivity contribution in [3.05, 3.63) is 46.2 Å². The summed E-state index contributed by atoms with van der Waals surface area (Å²) in [6.45, 7) is 3.51. The number of carbonyl (C=O) groups is 2. The van der Waals surface area contributed by atoms with Crippen molar-refractivity contribution < 1.29 is 23.8 Å². The van der Waals surface area contributed by atoms with E-state index < -0.39 is 6.04 Å². The molecular weight excluding hydrogens is 452 g/mol. The standard InChI is InChI=1S/C26H36N2O5S/c1-4-33-15-8-14-28(24(29)18-21-11-7-16-34-21)25(26(30)27-20-9-5-6-10-20)19-12-13-22(31-2)23(17-19)32-3/h7,11-13,16-17,20,25H,4-6,8-10,14-15,18H2,1-3H3,(H,27,30). The molecule has 1 aromatic heterocycles. The molecule has 0 bridgehead atoms. The highest BCUT2D eigenvalue weighted by Gasteiger charge is 2.33. The molecule has 0 radical (unpaired) electrons. The second-order valence-electron chi connectivity index (χ2n) is 8.40. The minimum atomic E-state index is -0.769. The number of amides is 2. The van der Waals surface area contributed by atoms with Crippen LogP contribution in [0.3, 0.4) is 0 Å². The van der Waals surface area contributed by atoms with Crippen LogP contribution in [-0.4, -0.2) is 56.7 Å². The number of nitrogens with zero attached hydrogens (tertiary/aromatic N) is 1. The molecule has 7 nitrogen and oxygen atoms in total. The van der Waals surface area contributed by atoms with Crippen LogP contribution in [0.5, 0.6) is 11.5 Å². The molecule has 1 saturated carbocycles. The van der Waals surface area contributed by atoms with Crippen molar-refractivity contribution in [1.29, 1.82) is 0 Å². The predicted octanol–water partition coefficient (Wildman–Crippen LogP) is 4.36. The number of hydrogen-bond acceptors (Lipinski definition) is 6. The third kappa shape index (κ3) is 6.96. The normalized spacial score (nSPS) is 14.6. The Hall–Kier alpha value is -2.58. The fourth-order valence-corrected chi connectivity index (χ4v) is 5.08. The van der Waals surface area contributed by atoms with Crippen molar-refractivity contribution in [2.45, 2.75) is 57.5 Å². The third-order valence-electron chi connectivity index (χ3n) is 6.10. The van der Waals surface area contributed by atoms with Crippen molar-refractivity contribution in [3.63, 3.8) is 0 Å². The van der Waals surface area contributed by atoms with Crippen LogP contribution in [0, 0.1) is 0 Å². The van der Waals surface area contributed by atoms with E-state index in [0.717, 1.165) is 30.6 Å². The topological polar surface area (TPSA) is 77.1 Å². The van der Waals surface area contributed by atoms with Crippen LogP contribution in [0.4, 0.5) is 0 Å². The molecule has 1 aliphatic rings. The number of hydrogen-bond donors (Lipinski definition) is 1. The molecular formula is C26H36N2O5S. The Balaban J connectivity index is 1.94. The van der Waals surface area contributed by atoms with Gasteiger partial charge in [-0.05, 0) is 55.3 Å². The number of rotatable bonds is 13. The van der Waals surface area contributed by atoms with Gasteiger partial charge in [-0.3, -0.25) is 9.59 Å². The highest BCUT2D eigenvalue weighted by molar-refractivity contribution is 7.10. The highest BCUT2D eigenvalue weighted by atomic mass is 32.1. The SMILES string of the molecule is CCOCCCN(C(=O)Cc1cccs1)C(C(=O)NC1CCCC1)c1ccc(OC)c(OC)c1. The van der Waals surface area contributed by atoms with Gasteiger partial charge < -0.3 is 24.4 Å². The van der Waals surface area contributed by atoms with E-state index in [4.69, 9.17) is 14.2 Å². The van der Waals surface area contributed by atoms with Gasteiger partial charge >= 0.3 is 0 Å². The molecule has 0 spiro atoms. The Morgan fingerprint density at radius 1 is 1.15 bits per heavy atom. The average molecular weight is 489 g/mol. The minimum absolute atomic E-state index is 0.0831. The lowest BCUT2D eigenvalue weighted by Gasteiger charge is -2.32. The van der Waals surface area contributed by atoms with Gasteiger partial charge in [-0.25, -0.2) is 0 Å². The number of carbonyl (C=O) groups excluding carboxylic acids is 2. The van der Waals surface area contributed by atoms with Crippen LogP contribution in [0.15, 0.2) is 35.7 Å². The molecule has 1 aliphatic carbocycles. The zero-order chi connectivity index (χ0) is 24.3. The lowest BCUT2D eigenvalue weighted by molar-refractivity contribution is -0.141. The van der Waals surface area contributed by atoms with Gasteiger partial charge in [0.05, 0.1) is 20.6 Å². The van der Waals surface area contributed by atoms with Crippen LogP contribution in [0.25, 0.3) is 0 Å². The number of ether oxygens (including phenoxy) is 3. The Labute approximate surface area is 206 Å². The summed E-state index contributed by atoms with van der Waals surface area (Å²) in [5.41, 5.74) is 0.698. The van der Waals surface area contributed by atoms with Gasteiger partial charge in [0.15, 0.2) is 11.5 Å². The maximum absolute atomic E-state index is 13.7. The van der Waals surface area contributed by atoms with Gasteiger partial charge in [-0.1, -0.05) is 25.0 Å². The predicted molar refractivity (Wildman–Crippen MR) is 134 cm³/mol. The fraction of sp³-hybridized carbons (Fsp3) is 0.538. The molecule has 1 aromatic carbocycles. The van der Waals surface area contributed by atoms with Gasteiger partial charge in [0, 0.05) is 30.7 Å². The second kappa shape index (κ2) is 13.3. The molecule has 1 fully saturated rings. The van der Waals surface area contributed by atoms with E-state index in [1.165, 1.54) is 0 Å². The monoisotopic (exact) mass is 488 g/mol. The van der Waals surface area contributed by atoms with Gasteiger partial charge in [-0.2, -0.15) is 0 Å². The summed E-state index contributed by atoms with van der Waals surface area (Å²) in [5, 5.41) is 5.16. The first-order valence-corrected chi connectivity index (χ1v) is 12.9. The minimum Gasteiger partial charge on any atom is -0.493 e. The van der Waals surface area contributed by atoms with Gasteiger partial charge in [-0.15, -0.1) is 11.3 Å². The van der Waals surface area contributed by atoms with Gasteiger partial charge in [0.25, 0.3) is 0 Å². The maximum atomic E-state index is 13.7. The Bertz CT molecular complexity index is 912. The quantitative estimate of drug-likeness (QED) is 0.424. The number of nitrogens with one attached hydrogen (secondary N) is 1. The zero-order valence-corrected chi connectivity index (χ0v) is 21.2. The molecule has 2 amide bonds. The van der Waals surface area contributed by atoms with Crippen LogP contribution in [-0.2, 0) is 20.7 Å². The Morgan fingerprint density at radius 3 is 2.56 bits per heavy atom. The lowest BCUT2D eigenvalue weighted by Crippen LogP contribution is -2.47. The van der Waals surface area contributed by atoms with Crippen molar-refractivity contribution in [3.8, 4) is 11.5 Å². The average Bonchev–Trinajstić information content (AvgIpc) is 3.55. The van der Waals surface area contributed by atoms with Gasteiger partial charge in [0.2, 0.25) is 11.8 Å². The summed E-state index contributed by atoms with van der Waals surface area (Å²) < 4.78 is 16.4. The van der Waals surface area contributed by atoms with Crippen LogP contribution >= 0.6 is 11.3 Å². The fourth-order valence-electron chi connectivity index (χ4n) is 4.39. The van der Waals surface area contributed by atoms with Crippen LogP contribution in [0.1, 0.15) is 55.5 Å². The molecule has 8 heteroatoms. The van der Waals surface area contributed by atoms with Gasteiger partial charge in [0.1, 0.15) is 6.04 Å². The van der Waals surface area contributed by atoms with Crippen molar-refractivity contribution in [1.82, 2.24) is 10.2 Å². The third-order valence-corrected chi connectivity index (χ3v) is 6.98. The first-order valence-electron chi connectivity index (χ1n) is 12.0. The van der Waals surface area contributed by atoms with E-state index >= 15 is 0 Å². The molecule has 2 aromatic rings. The largest absolute Gasteiger partial charge is 0.493 e. The zero-order valence-electron chi connectivity index (χ0n) is 20.4. The Morgan fingerprint density at radius 2 is 1.91 bits per heavy atom. The molecule has 1 unspecified atom stereocenters. The number of methoxy groups -OCH3 is 2. The molecule has 3 rings (SSSR count). The summed E-state index contributed by atoms with van der Waals surface area (Å²) in [5.74, 6) is 0.864. The van der Waals surface area contributed by atoms with E-state index in [1.54, 1.807) is 42.6 Å². The Kier molecular flexibility index (Phi) is 10.2. The summed E-state index contributed by atoms with van der Waals surface area (Å²) in [6.07, 6.45) is 5.07. The lowest BCUT2D eigenvalue weighted by atomic mass is 10.0. The summed E-state index contributed by atoms with van der Waals surface area (Å²) in [4.78, 5) is 29.9. The number of thiophene rings is 1.